The molecule has 1 rings (SSSR count). The summed E-state index contributed by atoms with van der Waals surface area (Å²) in [5.74, 6) is -0.675. The number of hydrogen-bond acceptors (Lipinski definition) is 2. The molecule has 20 heavy (non-hydrogen) atoms. The van der Waals surface area contributed by atoms with Crippen LogP contribution in [0.5, 0.6) is 0 Å². The number of nitrogens with one attached hydrogen (secondary N) is 2. The van der Waals surface area contributed by atoms with Crippen LogP contribution in [0.25, 0.3) is 0 Å². The minimum Gasteiger partial charge on any atom is -0.346 e. The minimum atomic E-state index is -4.40. The summed E-state index contributed by atoms with van der Waals surface area (Å²) in [5, 5.41) is 4.81. The molecule has 0 radical (unpaired) electrons. The van der Waals surface area contributed by atoms with E-state index in [1.54, 1.807) is 0 Å². The Hall–Kier alpha value is -1.08. The van der Waals surface area contributed by atoms with Crippen molar-refractivity contribution in [3.8, 4) is 0 Å². The molecule has 0 aliphatic heterocycles. The van der Waals surface area contributed by atoms with Gasteiger partial charge in [-0.1, -0.05) is 28.1 Å². The molecule has 112 valence electrons. The zero-order valence-corrected chi connectivity index (χ0v) is 12.7. The smallest absolute Gasteiger partial charge is 0.346 e. The SMILES string of the molecule is CC(N[C@@H](C)c1ccc(Br)cc1)C(=O)NCC(F)(F)F. The molecule has 1 aromatic carbocycles. The van der Waals surface area contributed by atoms with E-state index in [2.05, 4.69) is 21.2 Å². The predicted molar refractivity (Wildman–Crippen MR) is 74.2 cm³/mol. The minimum absolute atomic E-state index is 0.144. The lowest BCUT2D eigenvalue weighted by molar-refractivity contribution is -0.139. The summed E-state index contributed by atoms with van der Waals surface area (Å²) >= 11 is 3.32. The summed E-state index contributed by atoms with van der Waals surface area (Å²) in [5.41, 5.74) is 0.948. The van der Waals surface area contributed by atoms with Crippen LogP contribution in [0.15, 0.2) is 28.7 Å². The summed E-state index contributed by atoms with van der Waals surface area (Å²) in [4.78, 5) is 11.5. The molecule has 0 spiro atoms. The summed E-state index contributed by atoms with van der Waals surface area (Å²) in [6.07, 6.45) is -4.40. The van der Waals surface area contributed by atoms with E-state index in [9.17, 15) is 18.0 Å². The summed E-state index contributed by atoms with van der Waals surface area (Å²) in [6, 6.07) is 6.62. The van der Waals surface area contributed by atoms with Crippen molar-refractivity contribution in [1.82, 2.24) is 10.6 Å². The first-order chi connectivity index (χ1) is 9.19. The second-order valence-electron chi connectivity index (χ2n) is 4.49. The molecule has 0 saturated heterocycles. The van der Waals surface area contributed by atoms with Crippen molar-refractivity contribution in [3.05, 3.63) is 34.3 Å². The third-order valence-corrected chi connectivity index (χ3v) is 3.26. The Labute approximate surface area is 124 Å². The normalized spacial score (nSPS) is 14.7. The van der Waals surface area contributed by atoms with E-state index in [0.29, 0.717) is 0 Å². The van der Waals surface area contributed by atoms with Crippen molar-refractivity contribution in [3.63, 3.8) is 0 Å². The summed E-state index contributed by atoms with van der Waals surface area (Å²) in [6.45, 7) is 2.06. The lowest BCUT2D eigenvalue weighted by Gasteiger charge is -2.20. The molecule has 1 unspecified atom stereocenters. The highest BCUT2D eigenvalue weighted by Crippen LogP contribution is 2.17. The van der Waals surface area contributed by atoms with Crippen LogP contribution < -0.4 is 10.6 Å². The van der Waals surface area contributed by atoms with Gasteiger partial charge in [0.25, 0.3) is 0 Å². The van der Waals surface area contributed by atoms with E-state index in [1.807, 2.05) is 36.5 Å². The highest BCUT2D eigenvalue weighted by atomic mass is 79.9. The van der Waals surface area contributed by atoms with Crippen LogP contribution in [0.4, 0.5) is 13.2 Å². The molecular weight excluding hydrogens is 337 g/mol. The van der Waals surface area contributed by atoms with Crippen LogP contribution in [0, 0.1) is 0 Å². The van der Waals surface area contributed by atoms with Gasteiger partial charge in [0.15, 0.2) is 0 Å². The average Bonchev–Trinajstić information content (AvgIpc) is 2.35. The van der Waals surface area contributed by atoms with Crippen LogP contribution >= 0.6 is 15.9 Å². The van der Waals surface area contributed by atoms with Gasteiger partial charge in [0.05, 0.1) is 6.04 Å². The molecule has 2 atom stereocenters. The Bertz CT molecular complexity index is 448. The van der Waals surface area contributed by atoms with E-state index in [1.165, 1.54) is 6.92 Å². The third kappa shape index (κ3) is 5.92. The van der Waals surface area contributed by atoms with Crippen molar-refractivity contribution in [2.24, 2.45) is 0 Å². The number of halogens is 4. The number of amides is 1. The molecule has 1 amide bonds. The molecule has 2 N–H and O–H groups in total. The van der Waals surface area contributed by atoms with Gasteiger partial charge in [-0.2, -0.15) is 13.2 Å². The van der Waals surface area contributed by atoms with Gasteiger partial charge < -0.3 is 5.32 Å². The van der Waals surface area contributed by atoms with Crippen LogP contribution in [0.2, 0.25) is 0 Å². The quantitative estimate of drug-likeness (QED) is 0.854. The van der Waals surface area contributed by atoms with E-state index in [-0.39, 0.29) is 6.04 Å². The molecule has 0 aliphatic rings. The van der Waals surface area contributed by atoms with Gasteiger partial charge in [-0.05, 0) is 31.5 Å². The monoisotopic (exact) mass is 352 g/mol. The second-order valence-corrected chi connectivity index (χ2v) is 5.41. The van der Waals surface area contributed by atoms with Gasteiger partial charge in [0.2, 0.25) is 5.91 Å². The van der Waals surface area contributed by atoms with Crippen molar-refractivity contribution in [2.75, 3.05) is 6.54 Å². The highest BCUT2D eigenvalue weighted by Gasteiger charge is 2.28. The zero-order valence-electron chi connectivity index (χ0n) is 11.1. The van der Waals surface area contributed by atoms with Crippen molar-refractivity contribution < 1.29 is 18.0 Å². The number of carbonyl (C=O) groups is 1. The fourth-order valence-corrected chi connectivity index (χ4v) is 1.90. The molecule has 0 aromatic heterocycles. The van der Waals surface area contributed by atoms with Crippen LogP contribution in [0.3, 0.4) is 0 Å². The first kappa shape index (κ1) is 17.0. The number of rotatable bonds is 5. The first-order valence-electron chi connectivity index (χ1n) is 6.05. The van der Waals surface area contributed by atoms with E-state index in [4.69, 9.17) is 0 Å². The Morgan fingerprint density at radius 1 is 1.25 bits per heavy atom. The molecule has 1 aromatic rings. The standard InChI is InChI=1S/C13H16BrF3N2O/c1-8(10-3-5-11(14)6-4-10)19-9(2)12(20)18-7-13(15,16)17/h3-6,8-9,19H,7H2,1-2H3,(H,18,20)/t8-,9?/m0/s1. The molecule has 0 aliphatic carbocycles. The zero-order chi connectivity index (χ0) is 15.3. The van der Waals surface area contributed by atoms with Crippen molar-refractivity contribution in [1.29, 1.82) is 0 Å². The lowest BCUT2D eigenvalue weighted by Crippen LogP contribution is -2.45. The highest BCUT2D eigenvalue weighted by molar-refractivity contribution is 9.10. The fourth-order valence-electron chi connectivity index (χ4n) is 1.64. The van der Waals surface area contributed by atoms with Crippen molar-refractivity contribution >= 4 is 21.8 Å². The van der Waals surface area contributed by atoms with E-state index in [0.717, 1.165) is 10.0 Å². The Morgan fingerprint density at radius 2 is 1.80 bits per heavy atom. The number of alkyl halides is 3. The van der Waals surface area contributed by atoms with Crippen LogP contribution in [0.1, 0.15) is 25.5 Å². The van der Waals surface area contributed by atoms with E-state index >= 15 is 0 Å². The summed E-state index contributed by atoms with van der Waals surface area (Å²) < 4.78 is 36.9. The maximum atomic E-state index is 12.0. The van der Waals surface area contributed by atoms with Crippen LogP contribution in [-0.4, -0.2) is 24.7 Å². The van der Waals surface area contributed by atoms with Gasteiger partial charge in [0, 0.05) is 10.5 Å². The van der Waals surface area contributed by atoms with Gasteiger partial charge in [-0.25, -0.2) is 0 Å². The lowest BCUT2D eigenvalue weighted by atomic mass is 10.1. The Balaban J connectivity index is 2.50. The molecule has 0 fully saturated rings. The molecule has 0 bridgehead atoms. The first-order valence-corrected chi connectivity index (χ1v) is 6.84. The van der Waals surface area contributed by atoms with Crippen molar-refractivity contribution in [2.45, 2.75) is 32.1 Å². The summed E-state index contributed by atoms with van der Waals surface area (Å²) in [7, 11) is 0. The van der Waals surface area contributed by atoms with Gasteiger partial charge >= 0.3 is 6.18 Å². The molecule has 3 nitrogen and oxygen atoms in total. The number of hydrogen-bond donors (Lipinski definition) is 2. The van der Waals surface area contributed by atoms with Gasteiger partial charge in [-0.15, -0.1) is 0 Å². The van der Waals surface area contributed by atoms with E-state index < -0.39 is 24.7 Å². The molecule has 7 heteroatoms. The number of carbonyl (C=O) groups excluding carboxylic acids is 1. The average molecular weight is 353 g/mol. The third-order valence-electron chi connectivity index (χ3n) is 2.73. The molecular formula is C13H16BrF3N2O. The Kier molecular flexibility index (Phi) is 6.01. The van der Waals surface area contributed by atoms with Gasteiger partial charge in [0.1, 0.15) is 6.54 Å². The molecule has 0 saturated carbocycles. The Morgan fingerprint density at radius 3 is 2.30 bits per heavy atom. The maximum absolute atomic E-state index is 12.0. The van der Waals surface area contributed by atoms with Gasteiger partial charge in [-0.3, -0.25) is 10.1 Å². The predicted octanol–water partition coefficient (Wildman–Crippen LogP) is 3.17. The molecule has 0 heterocycles. The second kappa shape index (κ2) is 7.08. The fraction of sp³-hybridized carbons (Fsp3) is 0.462. The number of benzene rings is 1. The maximum Gasteiger partial charge on any atom is 0.405 e. The van der Waals surface area contributed by atoms with Crippen LogP contribution in [-0.2, 0) is 4.79 Å². The topological polar surface area (TPSA) is 41.1 Å². The largest absolute Gasteiger partial charge is 0.405 e.